The molecule has 0 atom stereocenters. The van der Waals surface area contributed by atoms with E-state index in [0.29, 0.717) is 18.2 Å². The number of hydrogen-bond donors (Lipinski definition) is 2. The summed E-state index contributed by atoms with van der Waals surface area (Å²) in [7, 11) is 0. The molecule has 0 bridgehead atoms. The van der Waals surface area contributed by atoms with Crippen molar-refractivity contribution in [1.82, 2.24) is 10.3 Å². The third kappa shape index (κ3) is 2.70. The van der Waals surface area contributed by atoms with Gasteiger partial charge in [-0.3, -0.25) is 4.79 Å². The van der Waals surface area contributed by atoms with Gasteiger partial charge in [-0.2, -0.15) is 4.40 Å². The van der Waals surface area contributed by atoms with Gasteiger partial charge in [0.1, 0.15) is 5.82 Å². The third-order valence-electron chi connectivity index (χ3n) is 4.16. The van der Waals surface area contributed by atoms with Crippen molar-refractivity contribution in [2.24, 2.45) is 0 Å². The first kappa shape index (κ1) is 13.9. The summed E-state index contributed by atoms with van der Waals surface area (Å²) in [4.78, 5) is 15.8. The van der Waals surface area contributed by atoms with Gasteiger partial charge >= 0.3 is 0 Å². The van der Waals surface area contributed by atoms with Crippen molar-refractivity contribution in [3.63, 3.8) is 0 Å². The highest BCUT2D eigenvalue weighted by atomic mass is 19.1. The number of amides is 1. The number of benzene rings is 1. The number of aromatic amines is 1. The quantitative estimate of drug-likeness (QED) is 0.715. The molecule has 5 heteroatoms. The Balaban J connectivity index is 1.60. The van der Waals surface area contributed by atoms with Crippen LogP contribution in [0.2, 0.25) is 0 Å². The standard InChI is InChI=1S/C18H16FN3O/c19-14-5-3-4-12(10-14)11-20-18(23)16-15-6-1-2-9-22(15)17(21-16)13-7-8-13/h1-6,9-10,13H,7-8,11H2,(H,20,23)/p+1. The number of rotatable bonds is 4. The molecule has 1 saturated carbocycles. The topological polar surface area (TPSA) is 49.0 Å². The number of carbonyl (C=O) groups excluding carboxylic acids is 1. The van der Waals surface area contributed by atoms with E-state index in [1.54, 1.807) is 12.1 Å². The summed E-state index contributed by atoms with van der Waals surface area (Å²) in [6.07, 6.45) is 4.28. The molecule has 1 amide bonds. The van der Waals surface area contributed by atoms with E-state index >= 15 is 0 Å². The zero-order chi connectivity index (χ0) is 15.8. The molecule has 1 aliphatic rings. The van der Waals surface area contributed by atoms with Crippen LogP contribution in [0.5, 0.6) is 0 Å². The highest BCUT2D eigenvalue weighted by Crippen LogP contribution is 2.37. The van der Waals surface area contributed by atoms with E-state index in [4.69, 9.17) is 0 Å². The summed E-state index contributed by atoms with van der Waals surface area (Å²) in [5, 5.41) is 2.86. The van der Waals surface area contributed by atoms with Gasteiger partial charge in [-0.05, 0) is 42.7 Å². The summed E-state index contributed by atoms with van der Waals surface area (Å²) in [6.45, 7) is 0.299. The summed E-state index contributed by atoms with van der Waals surface area (Å²) >= 11 is 0. The van der Waals surface area contributed by atoms with Crippen molar-refractivity contribution >= 4 is 11.4 Å². The average molecular weight is 310 g/mol. The normalized spacial score (nSPS) is 14.1. The van der Waals surface area contributed by atoms with Crippen LogP contribution < -0.4 is 9.72 Å². The Kier molecular flexibility index (Phi) is 3.33. The van der Waals surface area contributed by atoms with Crippen LogP contribution in [-0.4, -0.2) is 10.9 Å². The SMILES string of the molecule is O=C(NCc1cccc(F)c1)c1[nH]c(C2CC2)[n+]2ccccc12. The van der Waals surface area contributed by atoms with Gasteiger partial charge in [0.15, 0.2) is 5.52 Å². The number of carbonyl (C=O) groups is 1. The van der Waals surface area contributed by atoms with Crippen LogP contribution >= 0.6 is 0 Å². The van der Waals surface area contributed by atoms with E-state index in [1.165, 1.54) is 12.1 Å². The summed E-state index contributed by atoms with van der Waals surface area (Å²) in [5.74, 6) is 1.12. The predicted molar refractivity (Wildman–Crippen MR) is 83.5 cm³/mol. The highest BCUT2D eigenvalue weighted by Gasteiger charge is 2.35. The fourth-order valence-electron chi connectivity index (χ4n) is 2.86. The molecule has 4 nitrogen and oxygen atoms in total. The largest absolute Gasteiger partial charge is 0.345 e. The van der Waals surface area contributed by atoms with Gasteiger partial charge in [0.2, 0.25) is 5.69 Å². The Bertz CT molecular complexity index is 883. The number of hydrogen-bond acceptors (Lipinski definition) is 1. The molecule has 2 aromatic heterocycles. The Labute approximate surface area is 133 Å². The van der Waals surface area contributed by atoms with E-state index in [0.717, 1.165) is 29.7 Å². The molecule has 0 spiro atoms. The minimum atomic E-state index is -0.298. The molecule has 116 valence electrons. The maximum absolute atomic E-state index is 13.2. The molecule has 0 saturated heterocycles. The Morgan fingerprint density at radius 3 is 2.91 bits per heavy atom. The highest BCUT2D eigenvalue weighted by molar-refractivity contribution is 5.97. The van der Waals surface area contributed by atoms with Crippen LogP contribution in [0.25, 0.3) is 5.52 Å². The first-order chi connectivity index (χ1) is 11.2. The number of H-pyrrole nitrogens is 1. The van der Waals surface area contributed by atoms with Gasteiger partial charge < -0.3 is 5.32 Å². The van der Waals surface area contributed by atoms with Gasteiger partial charge in [0.05, 0.1) is 12.1 Å². The van der Waals surface area contributed by atoms with Crippen molar-refractivity contribution in [2.45, 2.75) is 25.3 Å². The van der Waals surface area contributed by atoms with Gasteiger partial charge in [0.25, 0.3) is 11.7 Å². The average Bonchev–Trinajstić information content (AvgIpc) is 3.33. The van der Waals surface area contributed by atoms with E-state index in [2.05, 4.69) is 14.7 Å². The van der Waals surface area contributed by atoms with Gasteiger partial charge in [-0.25, -0.2) is 9.37 Å². The minimum absolute atomic E-state index is 0.176. The molecule has 3 aromatic rings. The lowest BCUT2D eigenvalue weighted by molar-refractivity contribution is -0.521. The molecule has 1 fully saturated rings. The molecule has 2 heterocycles. The lowest BCUT2D eigenvalue weighted by Crippen LogP contribution is -2.25. The number of aromatic nitrogens is 2. The summed E-state index contributed by atoms with van der Waals surface area (Å²) in [5.41, 5.74) is 2.17. The smallest absolute Gasteiger partial charge is 0.295 e. The van der Waals surface area contributed by atoms with Crippen molar-refractivity contribution in [1.29, 1.82) is 0 Å². The van der Waals surface area contributed by atoms with Crippen molar-refractivity contribution in [3.05, 3.63) is 71.6 Å². The number of fused-ring (bicyclic) bond motifs is 1. The minimum Gasteiger partial charge on any atom is -0.345 e. The predicted octanol–water partition coefficient (Wildman–Crippen LogP) is 2.70. The van der Waals surface area contributed by atoms with Crippen LogP contribution in [0.4, 0.5) is 4.39 Å². The second kappa shape index (κ2) is 5.50. The monoisotopic (exact) mass is 310 g/mol. The van der Waals surface area contributed by atoms with Crippen LogP contribution in [0, 0.1) is 5.82 Å². The van der Waals surface area contributed by atoms with Crippen LogP contribution in [0.15, 0.2) is 48.7 Å². The zero-order valence-electron chi connectivity index (χ0n) is 12.6. The summed E-state index contributed by atoms with van der Waals surface area (Å²) < 4.78 is 15.3. The summed E-state index contributed by atoms with van der Waals surface area (Å²) in [6, 6.07) is 12.1. The lowest BCUT2D eigenvalue weighted by Gasteiger charge is -2.02. The molecule has 1 aromatic carbocycles. The van der Waals surface area contributed by atoms with Crippen molar-refractivity contribution in [2.75, 3.05) is 0 Å². The van der Waals surface area contributed by atoms with Gasteiger partial charge in [-0.1, -0.05) is 18.2 Å². The van der Waals surface area contributed by atoms with Crippen LogP contribution in [-0.2, 0) is 6.54 Å². The molecule has 0 aliphatic heterocycles. The number of nitrogens with one attached hydrogen (secondary N) is 2. The van der Waals surface area contributed by atoms with Crippen molar-refractivity contribution in [3.8, 4) is 0 Å². The van der Waals surface area contributed by atoms with E-state index < -0.39 is 0 Å². The molecular weight excluding hydrogens is 293 g/mol. The van der Waals surface area contributed by atoms with E-state index in [1.807, 2.05) is 24.4 Å². The van der Waals surface area contributed by atoms with E-state index in [9.17, 15) is 9.18 Å². The molecule has 0 radical (unpaired) electrons. The third-order valence-corrected chi connectivity index (χ3v) is 4.16. The zero-order valence-corrected chi connectivity index (χ0v) is 12.6. The molecule has 23 heavy (non-hydrogen) atoms. The first-order valence-electron chi connectivity index (χ1n) is 7.77. The fraction of sp³-hybridized carbons (Fsp3) is 0.222. The van der Waals surface area contributed by atoms with Crippen LogP contribution in [0.1, 0.15) is 40.6 Å². The van der Waals surface area contributed by atoms with Crippen molar-refractivity contribution < 1.29 is 13.6 Å². The second-order valence-electron chi connectivity index (χ2n) is 5.93. The number of halogens is 1. The molecule has 0 unspecified atom stereocenters. The van der Waals surface area contributed by atoms with Gasteiger partial charge in [0, 0.05) is 6.54 Å². The number of nitrogens with zero attached hydrogens (tertiary/aromatic N) is 1. The lowest BCUT2D eigenvalue weighted by atomic mass is 10.2. The molecule has 4 rings (SSSR count). The van der Waals surface area contributed by atoms with Crippen LogP contribution in [0.3, 0.4) is 0 Å². The maximum atomic E-state index is 13.2. The Morgan fingerprint density at radius 2 is 2.13 bits per heavy atom. The fourth-order valence-corrected chi connectivity index (χ4v) is 2.86. The van der Waals surface area contributed by atoms with E-state index in [-0.39, 0.29) is 11.7 Å². The maximum Gasteiger partial charge on any atom is 0.295 e. The molecular formula is C18H17FN3O+. The Hall–Kier alpha value is -2.69. The van der Waals surface area contributed by atoms with Gasteiger partial charge in [-0.15, -0.1) is 0 Å². The first-order valence-corrected chi connectivity index (χ1v) is 7.77. The Morgan fingerprint density at radius 1 is 1.26 bits per heavy atom. The molecule has 2 N–H and O–H groups in total. The number of imidazole rings is 1. The number of pyridine rings is 1. The second-order valence-corrected chi connectivity index (χ2v) is 5.93. The molecule has 1 aliphatic carbocycles.